The van der Waals surface area contributed by atoms with Crippen LogP contribution >= 0.6 is 0 Å². The zero-order chi connectivity index (χ0) is 14.0. The lowest BCUT2D eigenvalue weighted by molar-refractivity contribution is -0.155. The van der Waals surface area contributed by atoms with Crippen LogP contribution in [-0.2, 0) is 21.2 Å². The number of hydrogen-bond donors (Lipinski definition) is 4. The van der Waals surface area contributed by atoms with E-state index in [1.54, 1.807) is 6.92 Å². The third-order valence-corrected chi connectivity index (χ3v) is 3.61. The number of carbonyl (C=O) groups is 1. The van der Waals surface area contributed by atoms with E-state index in [4.69, 9.17) is 5.11 Å². The summed E-state index contributed by atoms with van der Waals surface area (Å²) in [7, 11) is -3.91. The van der Waals surface area contributed by atoms with Crippen molar-refractivity contribution in [2.24, 2.45) is 0 Å². The number of aromatic amines is 1. The van der Waals surface area contributed by atoms with E-state index in [0.29, 0.717) is 12.2 Å². The second-order valence-electron chi connectivity index (χ2n) is 3.95. The molecule has 1 aromatic rings. The van der Waals surface area contributed by atoms with Crippen molar-refractivity contribution in [3.8, 4) is 0 Å². The molecule has 0 aliphatic carbocycles. The number of aliphatic carboxylic acids is 1. The van der Waals surface area contributed by atoms with Crippen LogP contribution in [0.3, 0.4) is 0 Å². The first-order chi connectivity index (χ1) is 8.19. The van der Waals surface area contributed by atoms with Crippen LogP contribution < -0.4 is 4.72 Å². The van der Waals surface area contributed by atoms with Crippen LogP contribution in [0.1, 0.15) is 19.7 Å². The number of nitrogens with zero attached hydrogens (tertiary/aromatic N) is 1. The molecule has 8 nitrogen and oxygen atoms in total. The Hall–Kier alpha value is -1.45. The van der Waals surface area contributed by atoms with Crippen molar-refractivity contribution in [3.63, 3.8) is 0 Å². The van der Waals surface area contributed by atoms with Gasteiger partial charge in [0.1, 0.15) is 5.82 Å². The molecule has 0 aliphatic rings. The third-order valence-electron chi connectivity index (χ3n) is 2.30. The van der Waals surface area contributed by atoms with E-state index in [-0.39, 0.29) is 5.03 Å². The summed E-state index contributed by atoms with van der Waals surface area (Å²) in [6, 6.07) is 0. The van der Waals surface area contributed by atoms with Crippen molar-refractivity contribution >= 4 is 16.0 Å². The van der Waals surface area contributed by atoms with Gasteiger partial charge in [-0.2, -0.15) is 0 Å². The van der Waals surface area contributed by atoms with Crippen molar-refractivity contribution in [2.75, 3.05) is 6.54 Å². The molecule has 4 N–H and O–H groups in total. The normalized spacial score (nSPS) is 15.3. The fraction of sp³-hybridized carbons (Fsp3) is 0.556. The second kappa shape index (κ2) is 5.04. The molecule has 1 aromatic heterocycles. The average molecular weight is 277 g/mol. The van der Waals surface area contributed by atoms with Gasteiger partial charge in [-0.05, 0) is 6.92 Å². The van der Waals surface area contributed by atoms with Crippen LogP contribution in [0.5, 0.6) is 0 Å². The van der Waals surface area contributed by atoms with Gasteiger partial charge < -0.3 is 15.2 Å². The molecule has 0 radical (unpaired) electrons. The van der Waals surface area contributed by atoms with Crippen LogP contribution in [0.15, 0.2) is 11.2 Å². The van der Waals surface area contributed by atoms with Crippen LogP contribution in [0, 0.1) is 0 Å². The molecule has 102 valence electrons. The molecule has 0 amide bonds. The molecular formula is C9H15N3O5S. The molecular weight excluding hydrogens is 262 g/mol. The quantitative estimate of drug-likeness (QED) is 0.532. The van der Waals surface area contributed by atoms with E-state index in [9.17, 15) is 18.3 Å². The lowest BCUT2D eigenvalue weighted by Crippen LogP contribution is -2.46. The fourth-order valence-corrected chi connectivity index (χ4v) is 2.12. The van der Waals surface area contributed by atoms with E-state index in [2.05, 4.69) is 9.97 Å². The summed E-state index contributed by atoms with van der Waals surface area (Å²) in [5.41, 5.74) is -2.17. The van der Waals surface area contributed by atoms with Gasteiger partial charge in [0, 0.05) is 6.42 Å². The standard InChI is InChI=1S/C9H15N3O5S/c1-3-6-10-4-7(12-6)18(16,17)11-5-9(2,15)8(13)14/h4,11,15H,3,5H2,1-2H3,(H,10,12)(H,13,14). The highest BCUT2D eigenvalue weighted by Gasteiger charge is 2.32. The Bertz CT molecular complexity index is 534. The van der Waals surface area contributed by atoms with Crippen LogP contribution in [0.25, 0.3) is 0 Å². The SMILES string of the molecule is CCc1ncc(S(=O)(=O)NCC(C)(O)C(=O)O)[nH]1. The van der Waals surface area contributed by atoms with Gasteiger partial charge in [0.15, 0.2) is 10.6 Å². The van der Waals surface area contributed by atoms with Gasteiger partial charge in [-0.1, -0.05) is 6.92 Å². The molecule has 0 bridgehead atoms. The Morgan fingerprint density at radius 3 is 2.67 bits per heavy atom. The van der Waals surface area contributed by atoms with Gasteiger partial charge in [0.25, 0.3) is 10.0 Å². The first kappa shape index (κ1) is 14.6. The monoisotopic (exact) mass is 277 g/mol. The number of rotatable bonds is 6. The van der Waals surface area contributed by atoms with Crippen LogP contribution in [-0.4, -0.2) is 46.7 Å². The summed E-state index contributed by atoms with van der Waals surface area (Å²) < 4.78 is 25.5. The van der Waals surface area contributed by atoms with E-state index < -0.39 is 28.1 Å². The summed E-state index contributed by atoms with van der Waals surface area (Å²) in [4.78, 5) is 17.0. The topological polar surface area (TPSA) is 132 Å². The zero-order valence-electron chi connectivity index (χ0n) is 9.97. The zero-order valence-corrected chi connectivity index (χ0v) is 10.8. The summed E-state index contributed by atoms with van der Waals surface area (Å²) in [6.07, 6.45) is 1.68. The number of hydrogen-bond acceptors (Lipinski definition) is 5. The molecule has 1 unspecified atom stereocenters. The lowest BCUT2D eigenvalue weighted by Gasteiger charge is -2.17. The number of sulfonamides is 1. The first-order valence-electron chi connectivity index (χ1n) is 5.18. The van der Waals surface area contributed by atoms with Gasteiger partial charge in [-0.3, -0.25) is 0 Å². The molecule has 1 atom stereocenters. The predicted octanol–water partition coefficient (Wildman–Crippen LogP) is -0.914. The van der Waals surface area contributed by atoms with Crippen molar-refractivity contribution in [1.29, 1.82) is 0 Å². The van der Waals surface area contributed by atoms with Crippen molar-refractivity contribution in [2.45, 2.75) is 30.9 Å². The maximum atomic E-state index is 11.7. The maximum absolute atomic E-state index is 11.7. The maximum Gasteiger partial charge on any atom is 0.336 e. The molecule has 1 rings (SSSR count). The number of nitrogens with one attached hydrogen (secondary N) is 2. The Morgan fingerprint density at radius 2 is 2.22 bits per heavy atom. The van der Waals surface area contributed by atoms with Gasteiger partial charge in [0.05, 0.1) is 12.7 Å². The minimum absolute atomic E-state index is 0.166. The number of imidazole rings is 1. The van der Waals surface area contributed by atoms with Gasteiger partial charge in [-0.15, -0.1) is 0 Å². The second-order valence-corrected chi connectivity index (χ2v) is 5.69. The molecule has 18 heavy (non-hydrogen) atoms. The van der Waals surface area contributed by atoms with Gasteiger partial charge in [-0.25, -0.2) is 22.9 Å². The molecule has 0 aliphatic heterocycles. The molecule has 0 fully saturated rings. The highest BCUT2D eigenvalue weighted by atomic mass is 32.2. The molecule has 0 aromatic carbocycles. The summed E-state index contributed by atoms with van der Waals surface area (Å²) in [5.74, 6) is -1.01. The predicted molar refractivity (Wildman–Crippen MR) is 61.4 cm³/mol. The Morgan fingerprint density at radius 1 is 1.61 bits per heavy atom. The molecule has 0 saturated carbocycles. The highest BCUT2D eigenvalue weighted by Crippen LogP contribution is 2.08. The van der Waals surface area contributed by atoms with E-state index in [1.807, 2.05) is 4.72 Å². The largest absolute Gasteiger partial charge is 0.479 e. The third kappa shape index (κ3) is 3.28. The van der Waals surface area contributed by atoms with Crippen LogP contribution in [0.2, 0.25) is 0 Å². The average Bonchev–Trinajstić information content (AvgIpc) is 2.75. The molecule has 0 spiro atoms. The van der Waals surface area contributed by atoms with Crippen molar-refractivity contribution < 1.29 is 23.4 Å². The lowest BCUT2D eigenvalue weighted by atomic mass is 10.1. The van der Waals surface area contributed by atoms with E-state index >= 15 is 0 Å². The summed E-state index contributed by atoms with van der Waals surface area (Å²) >= 11 is 0. The number of H-pyrrole nitrogens is 1. The van der Waals surface area contributed by atoms with Crippen molar-refractivity contribution in [1.82, 2.24) is 14.7 Å². The van der Waals surface area contributed by atoms with Gasteiger partial charge in [0.2, 0.25) is 0 Å². The number of carboxylic acid groups (broad SMARTS) is 1. The van der Waals surface area contributed by atoms with E-state index in [0.717, 1.165) is 13.1 Å². The number of carboxylic acids is 1. The Labute approximate surface area is 104 Å². The number of aliphatic hydroxyl groups is 1. The Kier molecular flexibility index (Phi) is 4.09. The minimum Gasteiger partial charge on any atom is -0.479 e. The number of aromatic nitrogens is 2. The van der Waals surface area contributed by atoms with Gasteiger partial charge >= 0.3 is 5.97 Å². The van der Waals surface area contributed by atoms with Crippen molar-refractivity contribution in [3.05, 3.63) is 12.0 Å². The number of aryl methyl sites for hydroxylation is 1. The summed E-state index contributed by atoms with van der Waals surface area (Å²) in [5, 5.41) is 17.9. The fourth-order valence-electron chi connectivity index (χ4n) is 1.05. The van der Waals surface area contributed by atoms with E-state index in [1.165, 1.54) is 0 Å². The molecule has 0 saturated heterocycles. The molecule has 9 heteroatoms. The summed E-state index contributed by atoms with van der Waals surface area (Å²) in [6.45, 7) is 2.17. The highest BCUT2D eigenvalue weighted by molar-refractivity contribution is 7.89. The smallest absolute Gasteiger partial charge is 0.336 e. The first-order valence-corrected chi connectivity index (χ1v) is 6.66. The minimum atomic E-state index is -3.91. The van der Waals surface area contributed by atoms with Crippen LogP contribution in [0.4, 0.5) is 0 Å². The molecule has 1 heterocycles. The Balaban J connectivity index is 2.80.